The highest BCUT2D eigenvalue weighted by atomic mass is 35.5. The quantitative estimate of drug-likeness (QED) is 0.663. The number of halogens is 1. The molecule has 0 bridgehead atoms. The smallest absolute Gasteiger partial charge is 0.223 e. The van der Waals surface area contributed by atoms with Crippen LogP contribution in [0.4, 0.5) is 17.5 Å². The van der Waals surface area contributed by atoms with Crippen molar-refractivity contribution in [2.75, 3.05) is 23.7 Å². The molecular weight excluding hydrogens is 338 g/mol. The van der Waals surface area contributed by atoms with Gasteiger partial charge >= 0.3 is 0 Å². The summed E-state index contributed by atoms with van der Waals surface area (Å²) < 4.78 is 0. The predicted octanol–water partition coefficient (Wildman–Crippen LogP) is 2.98. The van der Waals surface area contributed by atoms with Crippen LogP contribution in [0, 0.1) is 0 Å². The third kappa shape index (κ3) is 3.78. The normalized spacial score (nSPS) is 15.2. The molecule has 4 rings (SSSR count). The minimum absolute atomic E-state index is 0.382. The topological polar surface area (TPSA) is 87.7 Å². The van der Waals surface area contributed by atoms with Crippen molar-refractivity contribution >= 4 is 40.1 Å². The number of nitrogens with zero attached hydrogens (tertiary/aromatic N) is 4. The monoisotopic (exact) mass is 355 g/mol. The minimum atomic E-state index is 0.382. The van der Waals surface area contributed by atoms with Gasteiger partial charge in [0.1, 0.15) is 17.4 Å². The van der Waals surface area contributed by atoms with Crippen molar-refractivity contribution < 1.29 is 0 Å². The van der Waals surface area contributed by atoms with Gasteiger partial charge in [0.05, 0.1) is 6.20 Å². The van der Waals surface area contributed by atoms with E-state index in [-0.39, 0.29) is 0 Å². The summed E-state index contributed by atoms with van der Waals surface area (Å²) in [5.41, 5.74) is 2.21. The summed E-state index contributed by atoms with van der Waals surface area (Å²) in [6, 6.07) is 7.86. The molecule has 0 saturated carbocycles. The average Bonchev–Trinajstić information content (AvgIpc) is 2.63. The van der Waals surface area contributed by atoms with Crippen LogP contribution in [0.3, 0.4) is 0 Å². The first kappa shape index (κ1) is 16.0. The second-order valence-electron chi connectivity index (χ2n) is 5.95. The Hall–Kier alpha value is -2.51. The number of aromatic nitrogens is 4. The molecule has 1 fully saturated rings. The molecule has 0 unspecified atom stereocenters. The van der Waals surface area contributed by atoms with Gasteiger partial charge < -0.3 is 16.0 Å². The Balaban J connectivity index is 1.63. The fourth-order valence-corrected chi connectivity index (χ4v) is 3.06. The Labute approximate surface area is 150 Å². The van der Waals surface area contributed by atoms with Gasteiger partial charge in [0.2, 0.25) is 5.95 Å². The standard InChI is InChI=1S/C17H18ClN7/c18-11-2-1-3-13(8-11)23-16-15-14(21-10-22-16)9-20-17(25-15)24-12-4-6-19-7-5-12/h1-3,8-10,12,19H,4-7H2,(H,20,24,25)(H,21,22,23). The Bertz CT molecular complexity index is 880. The van der Waals surface area contributed by atoms with E-state index in [2.05, 4.69) is 35.9 Å². The fraction of sp³-hybridized carbons (Fsp3) is 0.294. The van der Waals surface area contributed by atoms with Crippen LogP contribution in [0.1, 0.15) is 12.8 Å². The zero-order valence-corrected chi connectivity index (χ0v) is 14.3. The van der Waals surface area contributed by atoms with E-state index in [1.54, 1.807) is 6.20 Å². The van der Waals surface area contributed by atoms with Crippen LogP contribution < -0.4 is 16.0 Å². The summed E-state index contributed by atoms with van der Waals surface area (Å²) in [4.78, 5) is 17.6. The molecule has 25 heavy (non-hydrogen) atoms. The Morgan fingerprint density at radius 1 is 1.12 bits per heavy atom. The summed E-state index contributed by atoms with van der Waals surface area (Å²) in [6.07, 6.45) is 5.33. The van der Waals surface area contributed by atoms with Gasteiger partial charge in [-0.05, 0) is 44.1 Å². The maximum absolute atomic E-state index is 6.05. The summed E-state index contributed by atoms with van der Waals surface area (Å²) in [7, 11) is 0. The van der Waals surface area contributed by atoms with Crippen LogP contribution in [0.15, 0.2) is 36.8 Å². The molecule has 8 heteroatoms. The van der Waals surface area contributed by atoms with Crippen molar-refractivity contribution in [1.29, 1.82) is 0 Å². The van der Waals surface area contributed by atoms with Crippen molar-refractivity contribution in [1.82, 2.24) is 25.3 Å². The van der Waals surface area contributed by atoms with Crippen molar-refractivity contribution in [2.24, 2.45) is 0 Å². The maximum atomic E-state index is 6.05. The molecule has 1 aromatic carbocycles. The van der Waals surface area contributed by atoms with E-state index >= 15 is 0 Å². The van der Waals surface area contributed by atoms with Gasteiger partial charge in [-0.25, -0.2) is 19.9 Å². The zero-order chi connectivity index (χ0) is 17.1. The molecule has 0 amide bonds. The summed E-state index contributed by atoms with van der Waals surface area (Å²) in [5, 5.41) is 10.7. The lowest BCUT2D eigenvalue weighted by Crippen LogP contribution is -2.35. The summed E-state index contributed by atoms with van der Waals surface area (Å²) in [5.74, 6) is 1.23. The SMILES string of the molecule is Clc1cccc(Nc2ncnc3cnc(NC4CCNCC4)nc23)c1. The van der Waals surface area contributed by atoms with Gasteiger partial charge in [-0.15, -0.1) is 0 Å². The molecule has 3 heterocycles. The first-order valence-electron chi connectivity index (χ1n) is 8.25. The number of nitrogens with one attached hydrogen (secondary N) is 3. The lowest BCUT2D eigenvalue weighted by atomic mass is 10.1. The van der Waals surface area contributed by atoms with E-state index in [1.807, 2.05) is 24.3 Å². The Morgan fingerprint density at radius 3 is 2.84 bits per heavy atom. The van der Waals surface area contributed by atoms with Crippen LogP contribution in [-0.4, -0.2) is 39.1 Å². The molecule has 0 radical (unpaired) electrons. The average molecular weight is 356 g/mol. The highest BCUT2D eigenvalue weighted by molar-refractivity contribution is 6.30. The number of anilines is 3. The fourth-order valence-electron chi connectivity index (χ4n) is 2.87. The van der Waals surface area contributed by atoms with Gasteiger partial charge in [-0.3, -0.25) is 0 Å². The largest absolute Gasteiger partial charge is 0.351 e. The minimum Gasteiger partial charge on any atom is -0.351 e. The highest BCUT2D eigenvalue weighted by Crippen LogP contribution is 2.24. The third-order valence-corrected chi connectivity index (χ3v) is 4.37. The lowest BCUT2D eigenvalue weighted by molar-refractivity contribution is 0.477. The van der Waals surface area contributed by atoms with E-state index in [0.717, 1.165) is 31.6 Å². The van der Waals surface area contributed by atoms with Gasteiger partial charge in [0.15, 0.2) is 5.82 Å². The molecule has 2 aromatic heterocycles. The van der Waals surface area contributed by atoms with E-state index in [4.69, 9.17) is 11.6 Å². The lowest BCUT2D eigenvalue weighted by Gasteiger charge is -2.23. The van der Waals surface area contributed by atoms with Crippen LogP contribution in [0.25, 0.3) is 11.0 Å². The molecule has 128 valence electrons. The van der Waals surface area contributed by atoms with Gasteiger partial charge in [0, 0.05) is 16.8 Å². The van der Waals surface area contributed by atoms with E-state index in [9.17, 15) is 0 Å². The van der Waals surface area contributed by atoms with E-state index in [1.165, 1.54) is 6.33 Å². The predicted molar refractivity (Wildman–Crippen MR) is 99.4 cm³/mol. The Kier molecular flexibility index (Phi) is 4.58. The zero-order valence-electron chi connectivity index (χ0n) is 13.5. The highest BCUT2D eigenvalue weighted by Gasteiger charge is 2.15. The molecule has 0 spiro atoms. The molecular formula is C17H18ClN7. The number of rotatable bonds is 4. The number of benzene rings is 1. The summed E-state index contributed by atoms with van der Waals surface area (Å²) in [6.45, 7) is 2.02. The molecule has 0 aliphatic carbocycles. The maximum Gasteiger partial charge on any atom is 0.223 e. The first-order valence-corrected chi connectivity index (χ1v) is 8.63. The molecule has 3 aromatic rings. The van der Waals surface area contributed by atoms with Gasteiger partial charge in [0.25, 0.3) is 0 Å². The van der Waals surface area contributed by atoms with Crippen LogP contribution in [0.2, 0.25) is 5.02 Å². The first-order chi connectivity index (χ1) is 12.3. The van der Waals surface area contributed by atoms with Crippen molar-refractivity contribution in [3.8, 4) is 0 Å². The Morgan fingerprint density at radius 2 is 2.00 bits per heavy atom. The molecule has 1 aliphatic rings. The molecule has 0 atom stereocenters. The second-order valence-corrected chi connectivity index (χ2v) is 6.39. The number of piperidine rings is 1. The summed E-state index contributed by atoms with van der Waals surface area (Å²) >= 11 is 6.05. The number of fused-ring (bicyclic) bond motifs is 1. The van der Waals surface area contributed by atoms with E-state index < -0.39 is 0 Å². The molecule has 3 N–H and O–H groups in total. The third-order valence-electron chi connectivity index (χ3n) is 4.14. The van der Waals surface area contributed by atoms with Crippen LogP contribution in [0.5, 0.6) is 0 Å². The van der Waals surface area contributed by atoms with Crippen molar-refractivity contribution in [2.45, 2.75) is 18.9 Å². The van der Waals surface area contributed by atoms with E-state index in [0.29, 0.717) is 33.9 Å². The number of hydrogen-bond acceptors (Lipinski definition) is 7. The molecule has 1 aliphatic heterocycles. The van der Waals surface area contributed by atoms with Gasteiger partial charge in [-0.1, -0.05) is 17.7 Å². The molecule has 7 nitrogen and oxygen atoms in total. The van der Waals surface area contributed by atoms with Crippen molar-refractivity contribution in [3.63, 3.8) is 0 Å². The second kappa shape index (κ2) is 7.16. The van der Waals surface area contributed by atoms with Crippen LogP contribution >= 0.6 is 11.6 Å². The molecule has 1 saturated heterocycles. The van der Waals surface area contributed by atoms with Gasteiger partial charge in [-0.2, -0.15) is 0 Å². The van der Waals surface area contributed by atoms with Crippen molar-refractivity contribution in [3.05, 3.63) is 41.8 Å². The van der Waals surface area contributed by atoms with Crippen LogP contribution in [-0.2, 0) is 0 Å². The number of hydrogen-bond donors (Lipinski definition) is 3.